The van der Waals surface area contributed by atoms with Gasteiger partial charge in [-0.15, -0.1) is 0 Å². The summed E-state index contributed by atoms with van der Waals surface area (Å²) < 4.78 is 4.93. The fourth-order valence-electron chi connectivity index (χ4n) is 3.01. The van der Waals surface area contributed by atoms with Gasteiger partial charge in [0.15, 0.2) is 0 Å². The van der Waals surface area contributed by atoms with Gasteiger partial charge in [-0.3, -0.25) is 9.59 Å². The lowest BCUT2D eigenvalue weighted by Gasteiger charge is -2.15. The molecule has 0 bridgehead atoms. The van der Waals surface area contributed by atoms with Crippen molar-refractivity contribution >= 4 is 35.1 Å². The van der Waals surface area contributed by atoms with Crippen molar-refractivity contribution in [2.75, 3.05) is 18.5 Å². The molecule has 2 aromatic carbocycles. The third-order valence-corrected chi connectivity index (χ3v) is 4.80. The van der Waals surface area contributed by atoms with E-state index in [9.17, 15) is 14.4 Å². The molecule has 0 unspecified atom stereocenters. The fraction of sp³-hybridized carbons (Fsp3) is 0.286. The van der Waals surface area contributed by atoms with E-state index in [0.29, 0.717) is 29.8 Å². The molecule has 0 saturated carbocycles. The van der Waals surface area contributed by atoms with E-state index in [1.165, 1.54) is 6.07 Å². The van der Waals surface area contributed by atoms with Crippen LogP contribution in [0.25, 0.3) is 0 Å². The maximum absolute atomic E-state index is 12.5. The van der Waals surface area contributed by atoms with Crippen LogP contribution in [-0.4, -0.2) is 35.8 Å². The number of rotatable bonds is 6. The largest absolute Gasteiger partial charge is 0.462 e. The van der Waals surface area contributed by atoms with Gasteiger partial charge in [-0.25, -0.2) is 4.79 Å². The number of carbonyl (C=O) groups is 3. The number of benzene rings is 2. The van der Waals surface area contributed by atoms with Crippen molar-refractivity contribution in [3.63, 3.8) is 0 Å². The number of ether oxygens (including phenoxy) is 1. The number of hydrogen-bond acceptors (Lipinski definition) is 4. The van der Waals surface area contributed by atoms with E-state index < -0.39 is 5.97 Å². The number of nitrogens with one attached hydrogen (secondary N) is 1. The van der Waals surface area contributed by atoms with Crippen molar-refractivity contribution in [1.82, 2.24) is 4.90 Å². The number of nitrogens with zero attached hydrogens (tertiary/aromatic N) is 1. The van der Waals surface area contributed by atoms with Crippen LogP contribution in [0.1, 0.15) is 46.0 Å². The molecule has 0 aliphatic carbocycles. The van der Waals surface area contributed by atoms with Crippen LogP contribution in [0.2, 0.25) is 5.02 Å². The van der Waals surface area contributed by atoms with Crippen LogP contribution < -0.4 is 5.32 Å². The van der Waals surface area contributed by atoms with Gasteiger partial charge < -0.3 is 15.0 Å². The van der Waals surface area contributed by atoms with E-state index in [0.717, 1.165) is 18.5 Å². The van der Waals surface area contributed by atoms with E-state index in [1.54, 1.807) is 31.2 Å². The van der Waals surface area contributed by atoms with Crippen LogP contribution in [0.4, 0.5) is 5.69 Å². The lowest BCUT2D eigenvalue weighted by molar-refractivity contribution is -0.128. The molecule has 1 aliphatic heterocycles. The van der Waals surface area contributed by atoms with E-state index in [2.05, 4.69) is 5.32 Å². The summed E-state index contributed by atoms with van der Waals surface area (Å²) in [5, 5.41) is 2.99. The molecule has 1 heterocycles. The molecule has 2 amide bonds. The minimum absolute atomic E-state index is 0.169. The first kappa shape index (κ1) is 19.9. The Morgan fingerprint density at radius 2 is 1.86 bits per heavy atom. The van der Waals surface area contributed by atoms with Gasteiger partial charge in [-0.1, -0.05) is 23.7 Å². The first-order valence-corrected chi connectivity index (χ1v) is 9.50. The highest BCUT2D eigenvalue weighted by atomic mass is 35.5. The van der Waals surface area contributed by atoms with E-state index in [1.807, 2.05) is 17.0 Å². The topological polar surface area (TPSA) is 75.7 Å². The monoisotopic (exact) mass is 400 g/mol. The summed E-state index contributed by atoms with van der Waals surface area (Å²) in [6.45, 7) is 3.34. The molecule has 1 fully saturated rings. The molecule has 146 valence electrons. The van der Waals surface area contributed by atoms with E-state index in [4.69, 9.17) is 16.3 Å². The Morgan fingerprint density at radius 1 is 1.14 bits per heavy atom. The van der Waals surface area contributed by atoms with Gasteiger partial charge in [0.1, 0.15) is 0 Å². The van der Waals surface area contributed by atoms with Crippen LogP contribution in [0.5, 0.6) is 0 Å². The summed E-state index contributed by atoms with van der Waals surface area (Å²) >= 11 is 6.18. The highest BCUT2D eigenvalue weighted by Crippen LogP contribution is 2.24. The molecule has 0 radical (unpaired) electrons. The van der Waals surface area contributed by atoms with Crippen LogP contribution in [0, 0.1) is 0 Å². The molecule has 2 aromatic rings. The van der Waals surface area contributed by atoms with Crippen molar-refractivity contribution in [3.05, 3.63) is 64.2 Å². The Hall–Kier alpha value is -2.86. The van der Waals surface area contributed by atoms with Crippen molar-refractivity contribution < 1.29 is 19.1 Å². The number of halogens is 1. The molecule has 1 saturated heterocycles. The molecule has 6 nitrogen and oxygen atoms in total. The Kier molecular flexibility index (Phi) is 6.31. The molecule has 1 aliphatic rings. The summed E-state index contributed by atoms with van der Waals surface area (Å²) in [4.78, 5) is 37.7. The summed E-state index contributed by atoms with van der Waals surface area (Å²) in [6.07, 6.45) is 1.51. The second kappa shape index (κ2) is 8.89. The SMILES string of the molecule is CCOC(=O)c1ccc(NC(=O)c2ccc(CN3CCCC3=O)cc2)c(Cl)c1. The van der Waals surface area contributed by atoms with Crippen LogP contribution in [-0.2, 0) is 16.1 Å². The lowest BCUT2D eigenvalue weighted by atomic mass is 10.1. The number of anilines is 1. The minimum Gasteiger partial charge on any atom is -0.462 e. The third-order valence-electron chi connectivity index (χ3n) is 4.49. The quantitative estimate of drug-likeness (QED) is 0.746. The molecule has 7 heteroatoms. The summed E-state index contributed by atoms with van der Waals surface area (Å²) in [6, 6.07) is 11.7. The zero-order valence-electron chi connectivity index (χ0n) is 15.5. The van der Waals surface area contributed by atoms with Gasteiger partial charge in [0.05, 0.1) is 22.9 Å². The smallest absolute Gasteiger partial charge is 0.338 e. The van der Waals surface area contributed by atoms with Gasteiger partial charge in [-0.2, -0.15) is 0 Å². The second-order valence-corrected chi connectivity index (χ2v) is 6.89. The summed E-state index contributed by atoms with van der Waals surface area (Å²) in [5.74, 6) is -0.605. The maximum atomic E-state index is 12.5. The Bertz CT molecular complexity index is 896. The van der Waals surface area contributed by atoms with E-state index >= 15 is 0 Å². The van der Waals surface area contributed by atoms with Gasteiger partial charge in [0.2, 0.25) is 5.91 Å². The predicted octanol–water partition coefficient (Wildman–Crippen LogP) is 3.89. The summed E-state index contributed by atoms with van der Waals surface area (Å²) in [5.41, 5.74) is 2.18. The molecule has 3 rings (SSSR count). The molecular formula is C21H21ClN2O4. The van der Waals surface area contributed by atoms with Crippen molar-refractivity contribution in [2.45, 2.75) is 26.3 Å². The molecule has 1 N–H and O–H groups in total. The Morgan fingerprint density at radius 3 is 2.46 bits per heavy atom. The van der Waals surface area contributed by atoms with E-state index in [-0.39, 0.29) is 23.4 Å². The standard InChI is InChI=1S/C21H21ClN2O4/c1-2-28-21(27)16-9-10-18(17(22)12-16)23-20(26)15-7-5-14(6-8-15)13-24-11-3-4-19(24)25/h5-10,12H,2-4,11,13H2,1H3,(H,23,26). The van der Waals surface area contributed by atoms with Gasteiger partial charge in [0, 0.05) is 25.1 Å². The second-order valence-electron chi connectivity index (χ2n) is 6.48. The third kappa shape index (κ3) is 4.70. The molecular weight excluding hydrogens is 380 g/mol. The predicted molar refractivity (Wildman–Crippen MR) is 106 cm³/mol. The number of esters is 1. The van der Waals surface area contributed by atoms with Crippen molar-refractivity contribution in [1.29, 1.82) is 0 Å². The molecule has 0 atom stereocenters. The van der Waals surface area contributed by atoms with Gasteiger partial charge in [-0.05, 0) is 49.2 Å². The number of carbonyl (C=O) groups excluding carboxylic acids is 3. The first-order valence-electron chi connectivity index (χ1n) is 9.12. The maximum Gasteiger partial charge on any atom is 0.338 e. The van der Waals surface area contributed by atoms with Gasteiger partial charge >= 0.3 is 5.97 Å². The van der Waals surface area contributed by atoms with Crippen LogP contribution in [0.3, 0.4) is 0 Å². The molecule has 0 spiro atoms. The van der Waals surface area contributed by atoms with Gasteiger partial charge in [0.25, 0.3) is 5.91 Å². The summed E-state index contributed by atoms with van der Waals surface area (Å²) in [7, 11) is 0. The molecule has 28 heavy (non-hydrogen) atoms. The highest BCUT2D eigenvalue weighted by Gasteiger charge is 2.20. The first-order chi connectivity index (χ1) is 13.5. The Balaban J connectivity index is 1.64. The zero-order valence-corrected chi connectivity index (χ0v) is 16.3. The fourth-order valence-corrected chi connectivity index (χ4v) is 3.23. The number of likely N-dealkylation sites (tertiary alicyclic amines) is 1. The normalized spacial score (nSPS) is 13.5. The highest BCUT2D eigenvalue weighted by molar-refractivity contribution is 6.34. The zero-order chi connectivity index (χ0) is 20.1. The van der Waals surface area contributed by atoms with Crippen LogP contribution in [0.15, 0.2) is 42.5 Å². The minimum atomic E-state index is -0.464. The average molecular weight is 401 g/mol. The van der Waals surface area contributed by atoms with Crippen molar-refractivity contribution in [2.24, 2.45) is 0 Å². The lowest BCUT2D eigenvalue weighted by Crippen LogP contribution is -2.23. The van der Waals surface area contributed by atoms with Crippen LogP contribution >= 0.6 is 11.6 Å². The number of amides is 2. The number of hydrogen-bond donors (Lipinski definition) is 1. The molecule has 0 aromatic heterocycles. The Labute approximate surface area is 168 Å². The average Bonchev–Trinajstić information content (AvgIpc) is 3.08. The van der Waals surface area contributed by atoms with Crippen molar-refractivity contribution in [3.8, 4) is 0 Å².